The van der Waals surface area contributed by atoms with E-state index >= 15 is 0 Å². The molecular weight excluding hydrogens is 266 g/mol. The van der Waals surface area contributed by atoms with Gasteiger partial charge in [0.2, 0.25) is 0 Å². The highest BCUT2D eigenvalue weighted by Gasteiger charge is 2.18. The second kappa shape index (κ2) is 6.99. The quantitative estimate of drug-likeness (QED) is 0.376. The van der Waals surface area contributed by atoms with Crippen LogP contribution in [0.5, 0.6) is 0 Å². The Bertz CT molecular complexity index is 489. The number of rotatable bonds is 5. The summed E-state index contributed by atoms with van der Waals surface area (Å²) in [5, 5.41) is 12.0. The lowest BCUT2D eigenvalue weighted by Gasteiger charge is -2.22. The minimum atomic E-state index is -0.173. The molecule has 0 saturated heterocycles. The molecule has 5 nitrogen and oxygen atoms in total. The third-order valence-corrected chi connectivity index (χ3v) is 2.93. The summed E-state index contributed by atoms with van der Waals surface area (Å²) < 4.78 is 0. The third kappa shape index (κ3) is 4.13. The maximum atomic E-state index is 12.4. The van der Waals surface area contributed by atoms with E-state index in [0.717, 1.165) is 12.0 Å². The smallest absolute Gasteiger partial charge is 0.254 e. The monoisotopic (exact) mass is 283 g/mol. The van der Waals surface area contributed by atoms with Crippen LogP contribution < -0.4 is 5.73 Å². The summed E-state index contributed by atoms with van der Waals surface area (Å²) in [5.41, 5.74) is 6.84. The predicted octanol–water partition coefficient (Wildman–Crippen LogP) is 2.25. The maximum Gasteiger partial charge on any atom is 0.254 e. The number of nitrogens with zero attached hydrogens (tertiary/aromatic N) is 2. The number of amidine groups is 1. The molecule has 0 saturated carbocycles. The Morgan fingerprint density at radius 2 is 2.21 bits per heavy atom. The average Bonchev–Trinajstić information content (AvgIpc) is 2.40. The van der Waals surface area contributed by atoms with Crippen molar-refractivity contribution in [3.8, 4) is 0 Å². The van der Waals surface area contributed by atoms with Crippen molar-refractivity contribution in [2.24, 2.45) is 10.9 Å². The number of hydrogen-bond acceptors (Lipinski definition) is 3. The Hall–Kier alpha value is -1.75. The minimum absolute atomic E-state index is 0.00137. The summed E-state index contributed by atoms with van der Waals surface area (Å²) in [5.74, 6) is -0.171. The summed E-state index contributed by atoms with van der Waals surface area (Å²) in [6.45, 7) is 4.42. The van der Waals surface area contributed by atoms with E-state index in [2.05, 4.69) is 5.16 Å². The molecule has 104 valence electrons. The van der Waals surface area contributed by atoms with Gasteiger partial charge in [-0.15, -0.1) is 0 Å². The lowest BCUT2D eigenvalue weighted by atomic mass is 10.1. The number of carbonyl (C=O) groups excluding carboxylic acids is 1. The van der Waals surface area contributed by atoms with Crippen LogP contribution in [0, 0.1) is 6.92 Å². The lowest BCUT2D eigenvalue weighted by molar-refractivity contribution is 0.0777. The Morgan fingerprint density at radius 1 is 1.53 bits per heavy atom. The van der Waals surface area contributed by atoms with Gasteiger partial charge in [-0.25, -0.2) is 0 Å². The van der Waals surface area contributed by atoms with Crippen LogP contribution in [0.25, 0.3) is 0 Å². The van der Waals surface area contributed by atoms with Crippen molar-refractivity contribution < 1.29 is 10.0 Å². The zero-order valence-corrected chi connectivity index (χ0v) is 11.8. The second-order valence-corrected chi connectivity index (χ2v) is 4.71. The van der Waals surface area contributed by atoms with Gasteiger partial charge < -0.3 is 15.8 Å². The third-order valence-electron chi connectivity index (χ3n) is 2.69. The van der Waals surface area contributed by atoms with Crippen LogP contribution in [0.4, 0.5) is 0 Å². The fraction of sp³-hybridized carbons (Fsp3) is 0.385. The molecule has 0 bridgehead atoms. The molecule has 0 aliphatic heterocycles. The molecule has 0 spiro atoms. The van der Waals surface area contributed by atoms with E-state index in [1.54, 1.807) is 18.2 Å². The molecule has 0 aromatic heterocycles. The minimum Gasteiger partial charge on any atom is -0.409 e. The van der Waals surface area contributed by atoms with Crippen molar-refractivity contribution in [3.05, 3.63) is 34.3 Å². The highest BCUT2D eigenvalue weighted by atomic mass is 35.5. The molecule has 1 aromatic rings. The van der Waals surface area contributed by atoms with E-state index < -0.39 is 0 Å². The fourth-order valence-electron chi connectivity index (χ4n) is 1.74. The molecule has 0 heterocycles. The first kappa shape index (κ1) is 15.3. The summed E-state index contributed by atoms with van der Waals surface area (Å²) >= 11 is 5.92. The SMILES string of the molecule is CCCN(C/C(N)=N/O)C(=O)c1cc(Cl)ccc1C. The van der Waals surface area contributed by atoms with E-state index in [-0.39, 0.29) is 18.3 Å². The van der Waals surface area contributed by atoms with Crippen molar-refractivity contribution in [2.75, 3.05) is 13.1 Å². The van der Waals surface area contributed by atoms with Gasteiger partial charge >= 0.3 is 0 Å². The number of benzene rings is 1. The molecule has 19 heavy (non-hydrogen) atoms. The number of nitrogens with two attached hydrogens (primary N) is 1. The number of oxime groups is 1. The van der Waals surface area contributed by atoms with Gasteiger partial charge in [0.05, 0.1) is 6.54 Å². The van der Waals surface area contributed by atoms with Gasteiger partial charge in [0.15, 0.2) is 5.84 Å². The highest BCUT2D eigenvalue weighted by molar-refractivity contribution is 6.31. The first-order chi connectivity index (χ1) is 8.99. The lowest BCUT2D eigenvalue weighted by Crippen LogP contribution is -2.39. The highest BCUT2D eigenvalue weighted by Crippen LogP contribution is 2.17. The Kier molecular flexibility index (Phi) is 5.63. The second-order valence-electron chi connectivity index (χ2n) is 4.28. The first-order valence-corrected chi connectivity index (χ1v) is 6.39. The predicted molar refractivity (Wildman–Crippen MR) is 75.8 cm³/mol. The molecule has 6 heteroatoms. The summed E-state index contributed by atoms with van der Waals surface area (Å²) in [4.78, 5) is 14.0. The zero-order valence-electron chi connectivity index (χ0n) is 11.1. The van der Waals surface area contributed by atoms with Gasteiger partial charge in [-0.1, -0.05) is 29.7 Å². The van der Waals surface area contributed by atoms with E-state index in [1.165, 1.54) is 4.90 Å². The number of amides is 1. The van der Waals surface area contributed by atoms with Crippen molar-refractivity contribution in [3.63, 3.8) is 0 Å². The molecule has 0 radical (unpaired) electrons. The molecule has 0 unspecified atom stereocenters. The van der Waals surface area contributed by atoms with Gasteiger partial charge in [-0.2, -0.15) is 0 Å². The first-order valence-electron chi connectivity index (χ1n) is 6.01. The zero-order chi connectivity index (χ0) is 14.4. The molecule has 0 atom stereocenters. The van der Waals surface area contributed by atoms with E-state index in [4.69, 9.17) is 22.5 Å². The van der Waals surface area contributed by atoms with Crippen LogP contribution in [0.1, 0.15) is 29.3 Å². The van der Waals surface area contributed by atoms with Crippen LogP contribution in [-0.2, 0) is 0 Å². The summed E-state index contributed by atoms with van der Waals surface area (Å²) in [6.07, 6.45) is 0.782. The summed E-state index contributed by atoms with van der Waals surface area (Å²) in [6, 6.07) is 5.17. The van der Waals surface area contributed by atoms with E-state index in [1.807, 2.05) is 13.8 Å². The Labute approximate surface area is 117 Å². The topological polar surface area (TPSA) is 78.9 Å². The molecule has 3 N–H and O–H groups in total. The van der Waals surface area contributed by atoms with Crippen LogP contribution in [-0.4, -0.2) is 34.9 Å². The Balaban J connectivity index is 3.01. The van der Waals surface area contributed by atoms with E-state index in [9.17, 15) is 4.79 Å². The maximum absolute atomic E-state index is 12.4. The van der Waals surface area contributed by atoms with Crippen molar-refractivity contribution in [1.82, 2.24) is 4.90 Å². The molecule has 1 aromatic carbocycles. The molecule has 0 aliphatic carbocycles. The number of hydrogen-bond donors (Lipinski definition) is 2. The Morgan fingerprint density at radius 3 is 2.79 bits per heavy atom. The van der Waals surface area contributed by atoms with Crippen LogP contribution in [0.15, 0.2) is 23.4 Å². The molecule has 0 fully saturated rings. The number of aryl methyl sites for hydroxylation is 1. The molecular formula is C13H18ClN3O2. The molecule has 1 amide bonds. The summed E-state index contributed by atoms with van der Waals surface area (Å²) in [7, 11) is 0. The van der Waals surface area contributed by atoms with E-state index in [0.29, 0.717) is 17.1 Å². The van der Waals surface area contributed by atoms with Crippen molar-refractivity contribution in [1.29, 1.82) is 0 Å². The van der Waals surface area contributed by atoms with Gasteiger partial charge in [0.25, 0.3) is 5.91 Å². The largest absolute Gasteiger partial charge is 0.409 e. The number of carbonyl (C=O) groups is 1. The average molecular weight is 284 g/mol. The van der Waals surface area contributed by atoms with Crippen LogP contribution in [0.2, 0.25) is 5.02 Å². The molecule has 0 aliphatic rings. The van der Waals surface area contributed by atoms with Crippen LogP contribution in [0.3, 0.4) is 0 Å². The van der Waals surface area contributed by atoms with Crippen molar-refractivity contribution >= 4 is 23.3 Å². The van der Waals surface area contributed by atoms with Gasteiger partial charge in [0.1, 0.15) is 0 Å². The van der Waals surface area contributed by atoms with Crippen molar-refractivity contribution in [2.45, 2.75) is 20.3 Å². The number of halogens is 1. The van der Waals surface area contributed by atoms with Crippen LogP contribution >= 0.6 is 11.6 Å². The van der Waals surface area contributed by atoms with Gasteiger partial charge in [0, 0.05) is 17.1 Å². The normalized spacial score (nSPS) is 11.4. The standard InChI is InChI=1S/C13H18ClN3O2/c1-3-6-17(8-12(15)16-19)13(18)11-7-10(14)5-4-9(11)2/h4-5,7,19H,3,6,8H2,1-2H3,(H2,15,16). The molecule has 1 rings (SSSR count). The van der Waals surface area contributed by atoms with Gasteiger partial charge in [-0.3, -0.25) is 4.79 Å². The fourth-order valence-corrected chi connectivity index (χ4v) is 1.92. The van der Waals surface area contributed by atoms with Gasteiger partial charge in [-0.05, 0) is 31.0 Å².